The van der Waals surface area contributed by atoms with E-state index in [1.807, 2.05) is 0 Å². The lowest BCUT2D eigenvalue weighted by molar-refractivity contribution is 0.0245. The zero-order valence-corrected chi connectivity index (χ0v) is 12.2. The number of ether oxygens (including phenoxy) is 1. The summed E-state index contributed by atoms with van der Waals surface area (Å²) in [5.74, 6) is 0.895. The second-order valence-electron chi connectivity index (χ2n) is 5.98. The van der Waals surface area contributed by atoms with Gasteiger partial charge < -0.3 is 14.7 Å². The van der Waals surface area contributed by atoms with Crippen LogP contribution < -0.4 is 0 Å². The van der Waals surface area contributed by atoms with Crippen LogP contribution in [-0.4, -0.2) is 74.0 Å². The van der Waals surface area contributed by atoms with Gasteiger partial charge in [0.2, 0.25) is 0 Å². The summed E-state index contributed by atoms with van der Waals surface area (Å²) in [6.07, 6.45) is 6.10. The van der Waals surface area contributed by atoms with Crippen LogP contribution in [0.15, 0.2) is 0 Å². The maximum atomic E-state index is 8.77. The first-order chi connectivity index (χ1) is 9.38. The van der Waals surface area contributed by atoms with Gasteiger partial charge in [-0.15, -0.1) is 0 Å². The van der Waals surface area contributed by atoms with Gasteiger partial charge in [0.1, 0.15) is 0 Å². The van der Waals surface area contributed by atoms with Crippen molar-refractivity contribution >= 4 is 0 Å². The predicted octanol–water partition coefficient (Wildman–Crippen LogP) is 1.19. The van der Waals surface area contributed by atoms with E-state index in [0.717, 1.165) is 38.6 Å². The van der Waals surface area contributed by atoms with Gasteiger partial charge in [0.05, 0.1) is 13.2 Å². The lowest BCUT2D eigenvalue weighted by atomic mass is 9.96. The molecule has 19 heavy (non-hydrogen) atoms. The SMILES string of the molecule is OCCCCCN1CCC(CN2CCOCC2)CC1. The lowest BCUT2D eigenvalue weighted by Crippen LogP contribution is -2.43. The number of hydrogen-bond acceptors (Lipinski definition) is 4. The van der Waals surface area contributed by atoms with Crippen molar-refractivity contribution in [2.75, 3.05) is 59.1 Å². The van der Waals surface area contributed by atoms with Gasteiger partial charge in [-0.05, 0) is 57.7 Å². The molecule has 0 atom stereocenters. The van der Waals surface area contributed by atoms with Crippen molar-refractivity contribution in [2.24, 2.45) is 5.92 Å². The van der Waals surface area contributed by atoms with Crippen molar-refractivity contribution in [3.05, 3.63) is 0 Å². The van der Waals surface area contributed by atoms with Crippen molar-refractivity contribution in [3.8, 4) is 0 Å². The molecule has 2 aliphatic rings. The second kappa shape index (κ2) is 8.90. The summed E-state index contributed by atoms with van der Waals surface area (Å²) in [5, 5.41) is 8.77. The number of rotatable bonds is 7. The van der Waals surface area contributed by atoms with Crippen molar-refractivity contribution < 1.29 is 9.84 Å². The van der Waals surface area contributed by atoms with Crippen LogP contribution in [0.2, 0.25) is 0 Å². The molecule has 0 aromatic heterocycles. The van der Waals surface area contributed by atoms with E-state index in [-0.39, 0.29) is 0 Å². The number of aliphatic hydroxyl groups excluding tert-OH is 1. The molecular weight excluding hydrogens is 240 g/mol. The zero-order valence-electron chi connectivity index (χ0n) is 12.2. The van der Waals surface area contributed by atoms with Gasteiger partial charge in [-0.25, -0.2) is 0 Å². The van der Waals surface area contributed by atoms with Crippen LogP contribution >= 0.6 is 0 Å². The van der Waals surface area contributed by atoms with E-state index >= 15 is 0 Å². The highest BCUT2D eigenvalue weighted by molar-refractivity contribution is 4.76. The van der Waals surface area contributed by atoms with Gasteiger partial charge in [0.15, 0.2) is 0 Å². The summed E-state index contributed by atoms with van der Waals surface area (Å²) in [4.78, 5) is 5.18. The molecule has 0 aromatic rings. The molecule has 2 heterocycles. The van der Waals surface area contributed by atoms with Crippen LogP contribution in [0.1, 0.15) is 32.1 Å². The normalized spacial score (nSPS) is 23.8. The molecule has 2 saturated heterocycles. The largest absolute Gasteiger partial charge is 0.396 e. The summed E-state index contributed by atoms with van der Waals surface area (Å²) in [6, 6.07) is 0. The highest BCUT2D eigenvalue weighted by atomic mass is 16.5. The van der Waals surface area contributed by atoms with Crippen LogP contribution in [-0.2, 0) is 4.74 Å². The average molecular weight is 270 g/mol. The van der Waals surface area contributed by atoms with E-state index in [1.165, 1.54) is 51.9 Å². The molecule has 0 amide bonds. The lowest BCUT2D eigenvalue weighted by Gasteiger charge is -2.36. The highest BCUT2D eigenvalue weighted by Gasteiger charge is 2.21. The van der Waals surface area contributed by atoms with Gasteiger partial charge in [0, 0.05) is 26.2 Å². The Morgan fingerprint density at radius 3 is 2.32 bits per heavy atom. The maximum Gasteiger partial charge on any atom is 0.0594 e. The van der Waals surface area contributed by atoms with E-state index in [0.29, 0.717) is 6.61 Å². The minimum absolute atomic E-state index is 0.349. The van der Waals surface area contributed by atoms with Crippen LogP contribution in [0.3, 0.4) is 0 Å². The van der Waals surface area contributed by atoms with Crippen molar-refractivity contribution in [2.45, 2.75) is 32.1 Å². The van der Waals surface area contributed by atoms with E-state index < -0.39 is 0 Å². The Morgan fingerprint density at radius 1 is 0.895 bits per heavy atom. The number of morpholine rings is 1. The molecule has 4 nitrogen and oxygen atoms in total. The van der Waals surface area contributed by atoms with Gasteiger partial charge in [-0.2, -0.15) is 0 Å². The average Bonchev–Trinajstić information content (AvgIpc) is 2.46. The Labute approximate surface area is 117 Å². The Morgan fingerprint density at radius 2 is 1.63 bits per heavy atom. The molecular formula is C15H30N2O2. The number of piperidine rings is 1. The molecule has 0 bridgehead atoms. The van der Waals surface area contributed by atoms with E-state index in [9.17, 15) is 0 Å². The number of nitrogens with zero attached hydrogens (tertiary/aromatic N) is 2. The third-order valence-corrected chi connectivity index (χ3v) is 4.46. The van der Waals surface area contributed by atoms with Crippen LogP contribution in [0.5, 0.6) is 0 Å². The summed E-state index contributed by atoms with van der Waals surface area (Å²) in [5.41, 5.74) is 0. The molecule has 0 saturated carbocycles. The van der Waals surface area contributed by atoms with E-state index in [4.69, 9.17) is 9.84 Å². The first-order valence-electron chi connectivity index (χ1n) is 8.02. The highest BCUT2D eigenvalue weighted by Crippen LogP contribution is 2.19. The van der Waals surface area contributed by atoms with Crippen LogP contribution in [0.4, 0.5) is 0 Å². The van der Waals surface area contributed by atoms with E-state index in [1.54, 1.807) is 0 Å². The molecule has 112 valence electrons. The standard InChI is InChI=1S/C15H30N2O2/c18-11-3-1-2-6-16-7-4-15(5-8-16)14-17-9-12-19-13-10-17/h15,18H,1-14H2. The molecule has 0 unspecified atom stereocenters. The van der Waals surface area contributed by atoms with Crippen molar-refractivity contribution in [1.82, 2.24) is 9.80 Å². The predicted molar refractivity (Wildman–Crippen MR) is 77.4 cm³/mol. The van der Waals surface area contributed by atoms with Crippen LogP contribution in [0.25, 0.3) is 0 Å². The van der Waals surface area contributed by atoms with Gasteiger partial charge in [-0.3, -0.25) is 4.90 Å². The maximum absolute atomic E-state index is 8.77. The smallest absolute Gasteiger partial charge is 0.0594 e. The van der Waals surface area contributed by atoms with Crippen molar-refractivity contribution in [3.63, 3.8) is 0 Å². The Balaban J connectivity index is 1.54. The number of hydrogen-bond donors (Lipinski definition) is 1. The van der Waals surface area contributed by atoms with Gasteiger partial charge in [0.25, 0.3) is 0 Å². The number of aliphatic hydroxyl groups is 1. The first-order valence-corrected chi connectivity index (χ1v) is 8.02. The Hall–Kier alpha value is -0.160. The summed E-state index contributed by atoms with van der Waals surface area (Å²) < 4.78 is 5.40. The topological polar surface area (TPSA) is 35.9 Å². The molecule has 0 aromatic carbocycles. The molecule has 2 rings (SSSR count). The summed E-state index contributed by atoms with van der Waals surface area (Å²) in [6.45, 7) is 9.49. The molecule has 2 fully saturated rings. The Bertz CT molecular complexity index is 224. The fourth-order valence-electron chi connectivity index (χ4n) is 3.17. The molecule has 1 N–H and O–H groups in total. The fraction of sp³-hybridized carbons (Fsp3) is 1.00. The third-order valence-electron chi connectivity index (χ3n) is 4.46. The first kappa shape index (κ1) is 15.2. The van der Waals surface area contributed by atoms with Gasteiger partial charge in [-0.1, -0.05) is 0 Å². The third kappa shape index (κ3) is 5.78. The molecule has 0 spiro atoms. The zero-order chi connectivity index (χ0) is 13.3. The molecule has 0 aliphatic carbocycles. The quantitative estimate of drug-likeness (QED) is 0.705. The summed E-state index contributed by atoms with van der Waals surface area (Å²) in [7, 11) is 0. The fourth-order valence-corrected chi connectivity index (χ4v) is 3.17. The van der Waals surface area contributed by atoms with Crippen molar-refractivity contribution in [1.29, 1.82) is 0 Å². The molecule has 0 radical (unpaired) electrons. The minimum atomic E-state index is 0.349. The van der Waals surface area contributed by atoms with Crippen LogP contribution in [0, 0.1) is 5.92 Å². The number of likely N-dealkylation sites (tertiary alicyclic amines) is 1. The summed E-state index contributed by atoms with van der Waals surface area (Å²) >= 11 is 0. The molecule has 2 aliphatic heterocycles. The number of unbranched alkanes of at least 4 members (excludes halogenated alkanes) is 2. The second-order valence-corrected chi connectivity index (χ2v) is 5.98. The minimum Gasteiger partial charge on any atom is -0.396 e. The molecule has 4 heteroatoms. The van der Waals surface area contributed by atoms with E-state index in [2.05, 4.69) is 9.80 Å². The van der Waals surface area contributed by atoms with Gasteiger partial charge >= 0.3 is 0 Å². The Kier molecular flexibility index (Phi) is 7.14. The monoisotopic (exact) mass is 270 g/mol.